The standard InChI is InChI=1S/C64H74ClN7O22/c1-10-24-70(60(79)88-37-40-16-21-48(46(66)33-40)89-57-53(93-63(82)87-29-14-5)51(92-62(81)86-28-13-4)50(91-61(80)85-27-12-3)52(90-57)56(76)84-26-11-2)38-72-49(73)22-20-47(55(72)75)71-36-42-32-39(15-19-44(42)54(71)74)35-67-58(77)68-43-18-17-41(45(65)34-43)23-30-83-31-25-69(9)59(78)94-64(6,7)8/h1,11-19,21,32-34,47,50-53,57H,2-5,20,22-31,35-38,66H2,6-9H3,(H2,67,68,77)/t47?,50-,51-,52-,53+,57+/m0/s1. The number of carbonyl (C=O) groups excluding carboxylic acids is 10. The molecule has 4 N–H and O–H groups in total. The first-order valence-electron chi connectivity index (χ1n) is 29.2. The van der Waals surface area contributed by atoms with Crippen molar-refractivity contribution in [3.05, 3.63) is 138 Å². The van der Waals surface area contributed by atoms with E-state index in [1.807, 2.05) is 0 Å². The van der Waals surface area contributed by atoms with Crippen LogP contribution in [0, 0.1) is 12.3 Å². The van der Waals surface area contributed by atoms with Gasteiger partial charge in [0.15, 0.2) is 18.3 Å². The van der Waals surface area contributed by atoms with Crippen molar-refractivity contribution in [1.29, 1.82) is 0 Å². The number of urea groups is 1. The molecule has 3 aromatic carbocycles. The predicted molar refractivity (Wildman–Crippen MR) is 333 cm³/mol. The molecule has 29 nitrogen and oxygen atoms in total. The number of halogens is 1. The van der Waals surface area contributed by atoms with Crippen LogP contribution in [0.3, 0.4) is 0 Å². The number of nitrogens with one attached hydrogen (secondary N) is 2. The molecule has 2 fully saturated rings. The maximum Gasteiger partial charge on any atom is 0.509 e. The number of hydrogen-bond donors (Lipinski definition) is 3. The van der Waals surface area contributed by atoms with E-state index in [-0.39, 0.29) is 69.4 Å². The molecule has 0 spiro atoms. The van der Waals surface area contributed by atoms with Gasteiger partial charge in [-0.25, -0.2) is 33.6 Å². The predicted octanol–water partition coefficient (Wildman–Crippen LogP) is 7.33. The van der Waals surface area contributed by atoms with Crippen molar-refractivity contribution in [1.82, 2.24) is 24.9 Å². The number of amides is 7. The lowest BCUT2D eigenvalue weighted by molar-refractivity contribution is -0.276. The van der Waals surface area contributed by atoms with Gasteiger partial charge in [0, 0.05) is 49.4 Å². The number of anilines is 2. The SMILES string of the molecule is C#CCN(CN1C(=O)CCC(N2Cc3cc(CNC(=O)Nc4ccc(CCOCCN(C)C(=O)OC(C)(C)C)c(Cl)c4)ccc3C2=O)C1=O)C(=O)OCc1ccc(O[C@@H]2O[C@H](C(=O)OCC=C)[C@@H](OC(=O)OCC=C)[C@H](OC(=O)OCC=C)[C@H]2OC(=O)OCC=C)c(N)c1. The topological polar surface area (TPSA) is 344 Å². The highest BCUT2D eigenvalue weighted by atomic mass is 35.5. The highest BCUT2D eigenvalue weighted by Gasteiger charge is 2.57. The number of rotatable bonds is 29. The molecule has 6 rings (SSSR count). The Hall–Kier alpha value is -10.3. The Labute approximate surface area is 546 Å². The number of terminal acetylenes is 1. The molecule has 0 aliphatic carbocycles. The summed E-state index contributed by atoms with van der Waals surface area (Å²) >= 11 is 6.54. The number of nitrogens with two attached hydrogens (primary N) is 1. The summed E-state index contributed by atoms with van der Waals surface area (Å²) in [6.07, 6.45) is -4.95. The molecule has 2 saturated heterocycles. The lowest BCUT2D eigenvalue weighted by atomic mass is 9.98. The van der Waals surface area contributed by atoms with Gasteiger partial charge in [0.05, 0.1) is 25.4 Å². The number of likely N-dealkylation sites (tertiary alicyclic amines) is 1. The van der Waals surface area contributed by atoms with Crippen molar-refractivity contribution in [2.45, 2.75) is 102 Å². The van der Waals surface area contributed by atoms with Crippen LogP contribution in [0.15, 0.2) is 105 Å². The second-order valence-electron chi connectivity index (χ2n) is 21.7. The summed E-state index contributed by atoms with van der Waals surface area (Å²) in [5, 5.41) is 5.94. The van der Waals surface area contributed by atoms with E-state index < -0.39 is 123 Å². The maximum atomic E-state index is 14.2. The zero-order valence-corrected chi connectivity index (χ0v) is 53.0. The van der Waals surface area contributed by atoms with E-state index in [1.165, 1.54) is 52.3 Å². The van der Waals surface area contributed by atoms with Crippen molar-refractivity contribution >= 4 is 83.4 Å². The van der Waals surface area contributed by atoms with Crippen LogP contribution >= 0.6 is 11.6 Å². The van der Waals surface area contributed by atoms with Gasteiger partial charge in [0.2, 0.25) is 18.3 Å². The Morgan fingerprint density at radius 3 is 2.06 bits per heavy atom. The molecule has 0 radical (unpaired) electrons. The van der Waals surface area contributed by atoms with E-state index >= 15 is 0 Å². The fraction of sp³-hybridized carbons (Fsp3) is 0.406. The normalized spacial score (nSPS) is 18.1. The zero-order valence-electron chi connectivity index (χ0n) is 52.2. The fourth-order valence-electron chi connectivity index (χ4n) is 9.25. The second kappa shape index (κ2) is 34.9. The number of fused-ring (bicyclic) bond motifs is 1. The van der Waals surface area contributed by atoms with Gasteiger partial charge >= 0.3 is 42.7 Å². The second-order valence-corrected chi connectivity index (χ2v) is 22.2. The summed E-state index contributed by atoms with van der Waals surface area (Å²) in [5.74, 6) is -0.991. The quantitative estimate of drug-likeness (QED) is 0.0116. The smallest absolute Gasteiger partial charge is 0.459 e. The summed E-state index contributed by atoms with van der Waals surface area (Å²) in [6, 6.07) is 12.4. The van der Waals surface area contributed by atoms with E-state index in [1.54, 1.807) is 64.2 Å². The van der Waals surface area contributed by atoms with E-state index in [4.69, 9.17) is 80.6 Å². The molecule has 1 unspecified atom stereocenters. The third kappa shape index (κ3) is 20.9. The van der Waals surface area contributed by atoms with Gasteiger partial charge in [-0.15, -0.1) is 6.42 Å². The zero-order chi connectivity index (χ0) is 68.6. The number of esters is 1. The first-order chi connectivity index (χ1) is 44.9. The Bertz CT molecular complexity index is 3370. The summed E-state index contributed by atoms with van der Waals surface area (Å²) in [6.45, 7) is 17.2. The number of ether oxygens (including phenoxy) is 12. The number of carbonyl (C=O) groups is 10. The van der Waals surface area contributed by atoms with Gasteiger partial charge < -0.3 is 83.0 Å². The number of hydrogen-bond acceptors (Lipinski definition) is 23. The molecule has 0 bridgehead atoms. The highest BCUT2D eigenvalue weighted by molar-refractivity contribution is 6.31. The summed E-state index contributed by atoms with van der Waals surface area (Å²) in [5.41, 5.74) is 8.63. The van der Waals surface area contributed by atoms with E-state index in [9.17, 15) is 47.9 Å². The minimum Gasteiger partial charge on any atom is -0.459 e. The van der Waals surface area contributed by atoms with Crippen LogP contribution < -0.4 is 21.1 Å². The van der Waals surface area contributed by atoms with Crippen LogP contribution in [0.4, 0.5) is 40.1 Å². The Kier molecular flexibility index (Phi) is 27.0. The first kappa shape index (κ1) is 72.7. The molecule has 0 saturated carbocycles. The lowest BCUT2D eigenvalue weighted by Gasteiger charge is -2.42. The van der Waals surface area contributed by atoms with Crippen molar-refractivity contribution in [3.63, 3.8) is 0 Å². The van der Waals surface area contributed by atoms with Gasteiger partial charge in [-0.05, 0) is 86.2 Å². The number of benzene rings is 3. The number of imide groups is 1. The van der Waals surface area contributed by atoms with Crippen LogP contribution in [-0.2, 0) is 92.6 Å². The van der Waals surface area contributed by atoms with Gasteiger partial charge in [-0.2, -0.15) is 0 Å². The summed E-state index contributed by atoms with van der Waals surface area (Å²) in [7, 11) is 1.63. The monoisotopic (exact) mass is 1330 g/mol. The first-order valence-corrected chi connectivity index (χ1v) is 29.5. The van der Waals surface area contributed by atoms with Crippen LogP contribution in [0.5, 0.6) is 5.75 Å². The number of piperidine rings is 1. The fourth-order valence-corrected chi connectivity index (χ4v) is 9.53. The van der Waals surface area contributed by atoms with Crippen LogP contribution in [0.1, 0.15) is 66.2 Å². The van der Waals surface area contributed by atoms with E-state index in [0.29, 0.717) is 53.6 Å². The van der Waals surface area contributed by atoms with E-state index in [0.717, 1.165) is 15.4 Å². The number of nitrogen functional groups attached to an aromatic ring is 1. The largest absolute Gasteiger partial charge is 0.509 e. The van der Waals surface area contributed by atoms with Gasteiger partial charge in [0.1, 0.15) is 57.1 Å². The maximum absolute atomic E-state index is 14.2. The van der Waals surface area contributed by atoms with Crippen molar-refractivity contribution < 1.29 is 105 Å². The van der Waals surface area contributed by atoms with Crippen molar-refractivity contribution in [2.75, 3.05) is 77.5 Å². The third-order valence-electron chi connectivity index (χ3n) is 13.7. The summed E-state index contributed by atoms with van der Waals surface area (Å²) in [4.78, 5) is 137. The Balaban J connectivity index is 1.06. The molecule has 3 aliphatic rings. The molecule has 3 heterocycles. The third-order valence-corrected chi connectivity index (χ3v) is 14.0. The molecular weight excluding hydrogens is 1250 g/mol. The van der Waals surface area contributed by atoms with Crippen LogP contribution in [0.25, 0.3) is 0 Å². The average molecular weight is 1330 g/mol. The molecule has 6 atom stereocenters. The number of nitrogens with zero attached hydrogens (tertiary/aromatic N) is 4. The molecular formula is C64H74ClN7O22. The summed E-state index contributed by atoms with van der Waals surface area (Å²) < 4.78 is 65.2. The van der Waals surface area contributed by atoms with Crippen molar-refractivity contribution in [3.8, 4) is 18.1 Å². The molecule has 3 aromatic rings. The number of likely N-dealkylation sites (N-methyl/N-ethyl adjacent to an activating group) is 1. The van der Waals surface area contributed by atoms with Crippen molar-refractivity contribution in [2.24, 2.45) is 0 Å². The molecule has 30 heteroatoms. The Morgan fingerprint density at radius 2 is 1.44 bits per heavy atom. The van der Waals surface area contributed by atoms with Crippen LogP contribution in [0.2, 0.25) is 5.02 Å². The Morgan fingerprint density at radius 1 is 0.798 bits per heavy atom. The average Bonchev–Trinajstić information content (AvgIpc) is 1.36. The van der Waals surface area contributed by atoms with Gasteiger partial charge in [-0.1, -0.05) is 92.4 Å². The molecule has 94 heavy (non-hydrogen) atoms. The molecule has 504 valence electrons. The van der Waals surface area contributed by atoms with Gasteiger partial charge in [-0.3, -0.25) is 24.2 Å². The van der Waals surface area contributed by atoms with Crippen LogP contribution in [-0.4, -0.2) is 189 Å². The minimum absolute atomic E-state index is 0.00131. The van der Waals surface area contributed by atoms with E-state index in [2.05, 4.69) is 42.9 Å². The van der Waals surface area contributed by atoms with Gasteiger partial charge in [0.25, 0.3) is 11.8 Å². The molecule has 7 amide bonds. The molecule has 0 aromatic heterocycles. The highest BCUT2D eigenvalue weighted by Crippen LogP contribution is 2.35. The lowest BCUT2D eigenvalue weighted by Crippen LogP contribution is -2.64. The molecule has 3 aliphatic heterocycles. The minimum atomic E-state index is -2.01.